The molecule has 4 aliphatic carbocycles. The molecule has 8 atom stereocenters. The Kier molecular flexibility index (Phi) is 6.11. The van der Waals surface area contributed by atoms with Crippen molar-refractivity contribution in [1.82, 2.24) is 0 Å². The molecule has 0 aromatic carbocycles. The smallest absolute Gasteiger partial charge is 0.0577 e. The van der Waals surface area contributed by atoms with Gasteiger partial charge in [0.15, 0.2) is 0 Å². The maximum Gasteiger partial charge on any atom is 0.0577 e. The average Bonchev–Trinajstić information content (AvgIpc) is 3.02. The van der Waals surface area contributed by atoms with Crippen LogP contribution in [0.15, 0.2) is 23.8 Å². The maximum absolute atomic E-state index is 10.2. The number of hydrogen-bond acceptors (Lipinski definition) is 1. The van der Waals surface area contributed by atoms with Crippen LogP contribution < -0.4 is 0 Å². The predicted molar refractivity (Wildman–Crippen MR) is 124 cm³/mol. The van der Waals surface area contributed by atoms with Gasteiger partial charge in [-0.3, -0.25) is 0 Å². The van der Waals surface area contributed by atoms with Gasteiger partial charge >= 0.3 is 0 Å². The van der Waals surface area contributed by atoms with Crippen molar-refractivity contribution in [3.8, 4) is 0 Å². The molecule has 3 fully saturated rings. The van der Waals surface area contributed by atoms with Crippen LogP contribution in [-0.2, 0) is 0 Å². The van der Waals surface area contributed by atoms with Gasteiger partial charge in [-0.15, -0.1) is 0 Å². The molecule has 0 bridgehead atoms. The number of rotatable bonds is 5. The second-order valence-corrected chi connectivity index (χ2v) is 12.0. The van der Waals surface area contributed by atoms with Crippen LogP contribution in [-0.4, -0.2) is 11.2 Å². The molecule has 4 aliphatic rings. The first-order valence-electron chi connectivity index (χ1n) is 12.8. The lowest BCUT2D eigenvalue weighted by atomic mass is 9.47. The Balaban J connectivity index is 1.48. The van der Waals surface area contributed by atoms with Gasteiger partial charge in [-0.1, -0.05) is 58.4 Å². The van der Waals surface area contributed by atoms with Crippen molar-refractivity contribution in [3.63, 3.8) is 0 Å². The first-order valence-corrected chi connectivity index (χ1v) is 12.8. The van der Waals surface area contributed by atoms with Crippen molar-refractivity contribution in [2.75, 3.05) is 0 Å². The highest BCUT2D eigenvalue weighted by Gasteiger charge is 2.58. The number of aliphatic hydroxyl groups excluding tert-OH is 1. The Morgan fingerprint density at radius 3 is 2.62 bits per heavy atom. The second-order valence-electron chi connectivity index (χ2n) is 12.0. The fourth-order valence-corrected chi connectivity index (χ4v) is 8.39. The second kappa shape index (κ2) is 8.18. The van der Waals surface area contributed by atoms with E-state index >= 15 is 0 Å². The molecular weight excluding hydrogens is 352 g/mol. The number of aliphatic hydroxyl groups is 1. The third-order valence-electron chi connectivity index (χ3n) is 10.4. The Hall–Kier alpha value is -0.560. The van der Waals surface area contributed by atoms with E-state index in [1.54, 1.807) is 5.57 Å². The first-order chi connectivity index (χ1) is 13.8. The molecule has 164 valence electrons. The van der Waals surface area contributed by atoms with Gasteiger partial charge in [0.1, 0.15) is 0 Å². The fraction of sp³-hybridized carbons (Fsp3) is 0.857. The molecule has 0 heterocycles. The average molecular weight is 399 g/mol. The molecule has 29 heavy (non-hydrogen) atoms. The van der Waals surface area contributed by atoms with Gasteiger partial charge in [0.2, 0.25) is 0 Å². The minimum atomic E-state index is -0.0832. The van der Waals surface area contributed by atoms with Gasteiger partial charge in [0, 0.05) is 0 Å². The van der Waals surface area contributed by atoms with Gasteiger partial charge < -0.3 is 5.11 Å². The largest absolute Gasteiger partial charge is 0.393 e. The number of fused-ring (bicyclic) bond motifs is 5. The minimum Gasteiger partial charge on any atom is -0.393 e. The van der Waals surface area contributed by atoms with E-state index < -0.39 is 0 Å². The normalized spacial score (nSPS) is 45.6. The Labute approximate surface area is 180 Å². The summed E-state index contributed by atoms with van der Waals surface area (Å²) in [5, 5.41) is 10.2. The highest BCUT2D eigenvalue weighted by atomic mass is 16.3. The van der Waals surface area contributed by atoms with E-state index in [1.807, 2.05) is 0 Å². The zero-order valence-corrected chi connectivity index (χ0v) is 19.8. The zero-order valence-electron chi connectivity index (χ0n) is 19.8. The third kappa shape index (κ3) is 3.68. The van der Waals surface area contributed by atoms with E-state index in [4.69, 9.17) is 0 Å². The summed E-state index contributed by atoms with van der Waals surface area (Å²) < 4.78 is 0. The molecule has 0 saturated heterocycles. The summed E-state index contributed by atoms with van der Waals surface area (Å²) in [6.45, 7) is 12.3. The quantitative estimate of drug-likeness (QED) is 0.474. The summed E-state index contributed by atoms with van der Waals surface area (Å²) in [5.41, 5.74) is 2.55. The molecule has 0 aliphatic heterocycles. The molecule has 0 unspecified atom stereocenters. The van der Waals surface area contributed by atoms with Crippen LogP contribution in [0.3, 0.4) is 0 Å². The number of hydrogen-bond donors (Lipinski definition) is 1. The van der Waals surface area contributed by atoms with E-state index in [0.717, 1.165) is 48.3 Å². The van der Waals surface area contributed by atoms with E-state index in [9.17, 15) is 5.11 Å². The van der Waals surface area contributed by atoms with Crippen LogP contribution >= 0.6 is 0 Å². The topological polar surface area (TPSA) is 20.2 Å². The molecule has 0 radical (unpaired) electrons. The van der Waals surface area contributed by atoms with E-state index in [-0.39, 0.29) is 6.10 Å². The lowest BCUT2D eigenvalue weighted by molar-refractivity contribution is -0.0492. The molecule has 0 aromatic heterocycles. The Morgan fingerprint density at radius 2 is 1.90 bits per heavy atom. The van der Waals surface area contributed by atoms with Gasteiger partial charge in [-0.05, 0) is 111 Å². The van der Waals surface area contributed by atoms with Crippen LogP contribution in [0.2, 0.25) is 0 Å². The van der Waals surface area contributed by atoms with E-state index in [0.29, 0.717) is 10.8 Å². The lowest BCUT2D eigenvalue weighted by Gasteiger charge is -2.58. The van der Waals surface area contributed by atoms with E-state index in [1.165, 1.54) is 51.4 Å². The summed E-state index contributed by atoms with van der Waals surface area (Å²) >= 11 is 0. The third-order valence-corrected chi connectivity index (χ3v) is 10.4. The first kappa shape index (κ1) is 21.7. The lowest BCUT2D eigenvalue weighted by Crippen LogP contribution is -2.50. The molecule has 1 nitrogen and oxygen atoms in total. The SMILES string of the molecule is CC[C@H](/C=C/C[C@H]1CC[C@H]2[C@@H]3CC=C4C[C@@H](O)CC[C@]4(C)[C@H]3CC[C@]12C)C(C)C. The van der Waals surface area contributed by atoms with Crippen LogP contribution in [0.25, 0.3) is 0 Å². The molecule has 1 N–H and O–H groups in total. The zero-order chi connectivity index (χ0) is 20.8. The monoisotopic (exact) mass is 398 g/mol. The summed E-state index contributed by atoms with van der Waals surface area (Å²) in [7, 11) is 0. The molecule has 4 rings (SSSR count). The summed E-state index contributed by atoms with van der Waals surface area (Å²) in [6, 6.07) is 0. The molecule has 0 spiro atoms. The van der Waals surface area contributed by atoms with Crippen molar-refractivity contribution in [3.05, 3.63) is 23.8 Å². The van der Waals surface area contributed by atoms with Crippen LogP contribution in [0.1, 0.15) is 98.8 Å². The molecule has 1 heteroatoms. The Bertz CT molecular complexity index is 645. The highest BCUT2D eigenvalue weighted by molar-refractivity contribution is 5.25. The predicted octanol–water partition coefficient (Wildman–Crippen LogP) is 7.55. The molecule has 0 amide bonds. The highest BCUT2D eigenvalue weighted by Crippen LogP contribution is 2.66. The van der Waals surface area contributed by atoms with Gasteiger partial charge in [0.05, 0.1) is 6.10 Å². The molecular formula is C28H46O. The molecule has 0 aromatic rings. The summed E-state index contributed by atoms with van der Waals surface area (Å²) in [6.07, 6.45) is 20.4. The van der Waals surface area contributed by atoms with Crippen molar-refractivity contribution in [1.29, 1.82) is 0 Å². The summed E-state index contributed by atoms with van der Waals surface area (Å²) in [4.78, 5) is 0. The Morgan fingerprint density at radius 1 is 1.10 bits per heavy atom. The van der Waals surface area contributed by atoms with E-state index in [2.05, 4.69) is 52.8 Å². The van der Waals surface area contributed by atoms with Crippen molar-refractivity contribution >= 4 is 0 Å². The van der Waals surface area contributed by atoms with Crippen LogP contribution in [0.5, 0.6) is 0 Å². The minimum absolute atomic E-state index is 0.0832. The van der Waals surface area contributed by atoms with Crippen molar-refractivity contribution in [2.45, 2.75) is 105 Å². The maximum atomic E-state index is 10.2. The summed E-state index contributed by atoms with van der Waals surface area (Å²) in [5.74, 6) is 5.09. The van der Waals surface area contributed by atoms with Gasteiger partial charge in [0.25, 0.3) is 0 Å². The van der Waals surface area contributed by atoms with Crippen LogP contribution in [0, 0.1) is 46.3 Å². The van der Waals surface area contributed by atoms with Gasteiger partial charge in [-0.2, -0.15) is 0 Å². The number of allylic oxidation sites excluding steroid dienone is 3. The molecule has 3 saturated carbocycles. The van der Waals surface area contributed by atoms with Crippen molar-refractivity contribution in [2.24, 2.45) is 46.3 Å². The standard InChI is InChI=1S/C28H46O/c1-6-20(19(2)3)8-7-9-21-11-13-25-24-12-10-22-18-23(29)14-16-28(22,5)26(24)15-17-27(21,25)4/h7-8,10,19-21,23-26,29H,6,9,11-18H2,1-5H3/b8-7+/t20-,21+,23+,24+,25+,26+,27-,28+/m1/s1. The fourth-order valence-electron chi connectivity index (χ4n) is 8.39. The van der Waals surface area contributed by atoms with Crippen molar-refractivity contribution < 1.29 is 5.11 Å². The van der Waals surface area contributed by atoms with Gasteiger partial charge in [-0.25, -0.2) is 0 Å². The van der Waals surface area contributed by atoms with Crippen LogP contribution in [0.4, 0.5) is 0 Å².